The van der Waals surface area contributed by atoms with Gasteiger partial charge in [0.15, 0.2) is 0 Å². The van der Waals surface area contributed by atoms with Crippen molar-refractivity contribution in [1.82, 2.24) is 0 Å². The zero-order chi connectivity index (χ0) is 13.9. The van der Waals surface area contributed by atoms with E-state index in [4.69, 9.17) is 10.9 Å². The van der Waals surface area contributed by atoms with Gasteiger partial charge in [-0.2, -0.15) is 0 Å². The molecule has 5 nitrogen and oxygen atoms in total. The summed E-state index contributed by atoms with van der Waals surface area (Å²) in [4.78, 5) is 2.08. The van der Waals surface area contributed by atoms with Crippen LogP contribution >= 0.6 is 0 Å². The van der Waals surface area contributed by atoms with Crippen LogP contribution in [0.2, 0.25) is 0 Å². The van der Waals surface area contributed by atoms with Crippen LogP contribution in [0.15, 0.2) is 23.1 Å². The summed E-state index contributed by atoms with van der Waals surface area (Å²) < 4.78 is 22.5. The first-order valence-corrected chi connectivity index (χ1v) is 7.51. The molecule has 0 atom stereocenters. The van der Waals surface area contributed by atoms with E-state index >= 15 is 0 Å². The monoisotopic (exact) mass is 271 g/mol. The third-order valence-corrected chi connectivity index (χ3v) is 4.18. The minimum atomic E-state index is -3.75. The van der Waals surface area contributed by atoms with E-state index in [0.717, 1.165) is 18.5 Å². The molecule has 0 bridgehead atoms. The number of primary sulfonamides is 1. The fraction of sp³-hybridized carbons (Fsp3) is 0.500. The van der Waals surface area contributed by atoms with Gasteiger partial charge < -0.3 is 10.6 Å². The first kappa shape index (κ1) is 14.8. The lowest BCUT2D eigenvalue weighted by Crippen LogP contribution is -2.30. The molecular formula is C12H21N3O2S. The van der Waals surface area contributed by atoms with Gasteiger partial charge in [0.2, 0.25) is 10.0 Å². The van der Waals surface area contributed by atoms with Crippen molar-refractivity contribution in [2.24, 2.45) is 5.14 Å². The zero-order valence-corrected chi connectivity index (χ0v) is 11.9. The second kappa shape index (κ2) is 5.58. The zero-order valence-electron chi connectivity index (χ0n) is 11.1. The van der Waals surface area contributed by atoms with Gasteiger partial charge >= 0.3 is 0 Å². The number of nitrogen functional groups attached to an aromatic ring is 1. The fourth-order valence-electron chi connectivity index (χ4n) is 2.06. The lowest BCUT2D eigenvalue weighted by molar-refractivity contribution is 0.591. The molecule has 0 spiro atoms. The van der Waals surface area contributed by atoms with Crippen LogP contribution < -0.4 is 15.8 Å². The number of rotatable bonds is 5. The average Bonchev–Trinajstić information content (AvgIpc) is 2.28. The molecule has 0 amide bonds. The van der Waals surface area contributed by atoms with E-state index in [1.54, 1.807) is 12.1 Å². The Kier molecular flexibility index (Phi) is 4.59. The Hall–Kier alpha value is -1.27. The summed E-state index contributed by atoms with van der Waals surface area (Å²) >= 11 is 0. The number of sulfonamides is 1. The number of nitrogens with zero attached hydrogens (tertiary/aromatic N) is 1. The summed E-state index contributed by atoms with van der Waals surface area (Å²) in [5.74, 6) is 0. The predicted octanol–water partition coefficient (Wildman–Crippen LogP) is 1.54. The molecule has 0 unspecified atom stereocenters. The highest BCUT2D eigenvalue weighted by Crippen LogP contribution is 2.25. The van der Waals surface area contributed by atoms with Gasteiger partial charge in [0.1, 0.15) is 4.90 Å². The van der Waals surface area contributed by atoms with Crippen molar-refractivity contribution in [1.29, 1.82) is 0 Å². The molecule has 102 valence electrons. The van der Waals surface area contributed by atoms with E-state index in [1.165, 1.54) is 6.07 Å². The minimum Gasteiger partial charge on any atom is -0.398 e. The summed E-state index contributed by atoms with van der Waals surface area (Å²) in [6, 6.07) is 5.25. The van der Waals surface area contributed by atoms with Crippen molar-refractivity contribution < 1.29 is 8.42 Å². The second-order valence-electron chi connectivity index (χ2n) is 4.35. The van der Waals surface area contributed by atoms with E-state index in [2.05, 4.69) is 18.7 Å². The number of hydrogen-bond donors (Lipinski definition) is 2. The van der Waals surface area contributed by atoms with Crippen LogP contribution in [0.3, 0.4) is 0 Å². The molecule has 0 fully saturated rings. The molecule has 0 radical (unpaired) electrons. The van der Waals surface area contributed by atoms with Crippen LogP contribution in [-0.4, -0.2) is 21.5 Å². The third-order valence-electron chi connectivity index (χ3n) is 3.20. The Labute approximate surface area is 109 Å². The number of anilines is 2. The molecule has 1 aromatic carbocycles. The van der Waals surface area contributed by atoms with Crippen LogP contribution in [0.4, 0.5) is 11.4 Å². The van der Waals surface area contributed by atoms with Gasteiger partial charge in [-0.15, -0.1) is 0 Å². The number of hydrogen-bond acceptors (Lipinski definition) is 4. The maximum absolute atomic E-state index is 11.3. The SMILES string of the molecule is CCC(CC)N(C)c1ccc(S(N)(=O)=O)c(N)c1. The molecule has 6 heteroatoms. The molecule has 0 saturated heterocycles. The van der Waals surface area contributed by atoms with E-state index in [-0.39, 0.29) is 10.6 Å². The Morgan fingerprint density at radius 2 is 1.83 bits per heavy atom. The van der Waals surface area contributed by atoms with Crippen molar-refractivity contribution in [2.75, 3.05) is 17.7 Å². The van der Waals surface area contributed by atoms with Gasteiger partial charge in [-0.3, -0.25) is 0 Å². The van der Waals surface area contributed by atoms with E-state index < -0.39 is 10.0 Å². The molecule has 18 heavy (non-hydrogen) atoms. The molecule has 4 N–H and O–H groups in total. The maximum atomic E-state index is 11.3. The summed E-state index contributed by atoms with van der Waals surface area (Å²) in [6.07, 6.45) is 2.04. The number of nitrogens with two attached hydrogens (primary N) is 2. The van der Waals surface area contributed by atoms with Crippen LogP contribution in [0, 0.1) is 0 Å². The Bertz CT molecular complexity index is 510. The lowest BCUT2D eigenvalue weighted by Gasteiger charge is -2.28. The number of benzene rings is 1. The topological polar surface area (TPSA) is 89.4 Å². The van der Waals surface area contributed by atoms with Gasteiger partial charge in [-0.1, -0.05) is 13.8 Å². The minimum absolute atomic E-state index is 0.0239. The molecule has 0 aliphatic carbocycles. The molecule has 0 heterocycles. The first-order valence-electron chi connectivity index (χ1n) is 5.96. The standard InChI is InChI=1S/C12H21N3O2S/c1-4-9(5-2)15(3)10-6-7-12(11(13)8-10)18(14,16)17/h6-9H,4-5,13H2,1-3H3,(H2,14,16,17). The Morgan fingerprint density at radius 3 is 2.22 bits per heavy atom. The van der Waals surface area contributed by atoms with Crippen molar-refractivity contribution in [3.63, 3.8) is 0 Å². The van der Waals surface area contributed by atoms with Gasteiger partial charge in [-0.25, -0.2) is 13.6 Å². The highest BCUT2D eigenvalue weighted by Gasteiger charge is 2.16. The van der Waals surface area contributed by atoms with E-state index in [0.29, 0.717) is 6.04 Å². The molecule has 0 aliphatic heterocycles. The van der Waals surface area contributed by atoms with E-state index in [1.807, 2.05) is 7.05 Å². The highest BCUT2D eigenvalue weighted by molar-refractivity contribution is 7.89. The summed E-state index contributed by atoms with van der Waals surface area (Å²) in [7, 11) is -1.78. The van der Waals surface area contributed by atoms with Gasteiger partial charge in [-0.05, 0) is 31.0 Å². The average molecular weight is 271 g/mol. The van der Waals surface area contributed by atoms with Crippen LogP contribution in [0.5, 0.6) is 0 Å². The van der Waals surface area contributed by atoms with Crippen LogP contribution in [-0.2, 0) is 10.0 Å². The predicted molar refractivity (Wildman–Crippen MR) is 75.0 cm³/mol. The largest absolute Gasteiger partial charge is 0.398 e. The van der Waals surface area contributed by atoms with Gasteiger partial charge in [0, 0.05) is 18.8 Å². The van der Waals surface area contributed by atoms with Crippen LogP contribution in [0.1, 0.15) is 26.7 Å². The quantitative estimate of drug-likeness (QED) is 0.795. The van der Waals surface area contributed by atoms with Crippen LogP contribution in [0.25, 0.3) is 0 Å². The van der Waals surface area contributed by atoms with E-state index in [9.17, 15) is 8.42 Å². The lowest BCUT2D eigenvalue weighted by atomic mass is 10.1. The fourth-order valence-corrected chi connectivity index (χ4v) is 2.71. The normalized spacial score (nSPS) is 11.8. The van der Waals surface area contributed by atoms with Crippen molar-refractivity contribution in [3.8, 4) is 0 Å². The highest BCUT2D eigenvalue weighted by atomic mass is 32.2. The summed E-state index contributed by atoms with van der Waals surface area (Å²) in [6.45, 7) is 4.24. The third kappa shape index (κ3) is 3.14. The summed E-state index contributed by atoms with van der Waals surface area (Å²) in [5.41, 5.74) is 6.83. The van der Waals surface area contributed by atoms with Crippen molar-refractivity contribution in [3.05, 3.63) is 18.2 Å². The molecule has 1 rings (SSSR count). The molecule has 0 aliphatic rings. The second-order valence-corrected chi connectivity index (χ2v) is 5.88. The molecule has 1 aromatic rings. The van der Waals surface area contributed by atoms with Gasteiger partial charge in [0.25, 0.3) is 0 Å². The molecule has 0 aromatic heterocycles. The summed E-state index contributed by atoms with van der Waals surface area (Å²) in [5, 5.41) is 5.07. The molecule has 0 saturated carbocycles. The van der Waals surface area contributed by atoms with Crippen molar-refractivity contribution >= 4 is 21.4 Å². The maximum Gasteiger partial charge on any atom is 0.240 e. The van der Waals surface area contributed by atoms with Gasteiger partial charge in [0.05, 0.1) is 5.69 Å². The Balaban J connectivity index is 3.12. The molecular weight excluding hydrogens is 250 g/mol. The Morgan fingerprint density at radius 1 is 1.28 bits per heavy atom. The first-order chi connectivity index (χ1) is 8.31. The smallest absolute Gasteiger partial charge is 0.240 e. The van der Waals surface area contributed by atoms with Crippen molar-refractivity contribution in [2.45, 2.75) is 37.6 Å².